The number of anilines is 2. The molecule has 0 unspecified atom stereocenters. The van der Waals surface area contributed by atoms with Gasteiger partial charge >= 0.3 is 0 Å². The third-order valence-corrected chi connectivity index (χ3v) is 6.29. The highest BCUT2D eigenvalue weighted by atomic mass is 35.5. The highest BCUT2D eigenvalue weighted by Crippen LogP contribution is 2.46. The SMILES string of the molecule is C=CC(=O)N[C@H]1COC[C@H]1Nc1ncc2cc(-c3c(Cl)c(OC)cc(OC)c3Cl)nc(NC)c2n1. The molecular weight excluding hydrogens is 495 g/mol. The molecule has 0 radical (unpaired) electrons. The van der Waals surface area contributed by atoms with Crippen LogP contribution in [0.15, 0.2) is 31.0 Å². The lowest BCUT2D eigenvalue weighted by atomic mass is 10.1. The zero-order valence-electron chi connectivity index (χ0n) is 19.3. The molecule has 2 atom stereocenters. The topological polar surface area (TPSA) is 120 Å². The molecule has 1 saturated heterocycles. The van der Waals surface area contributed by atoms with Crippen LogP contribution < -0.4 is 25.4 Å². The molecule has 4 rings (SSSR count). The molecule has 1 aliphatic rings. The van der Waals surface area contributed by atoms with Crippen molar-refractivity contribution in [2.75, 3.05) is 45.1 Å². The summed E-state index contributed by atoms with van der Waals surface area (Å²) in [5.74, 6) is 1.41. The van der Waals surface area contributed by atoms with Crippen molar-refractivity contribution in [1.82, 2.24) is 20.3 Å². The standard InChI is InChI=1S/C23H24Cl2N6O4/c1-5-17(32)28-13-9-35-10-14(13)30-23-27-8-11-6-12(29-22(26-2)21(11)31-23)18-19(24)15(33-3)7-16(34-4)20(18)25/h5-8,13-14H,1,9-10H2,2-4H3,(H,26,29)(H,28,32)(H,27,30,31)/t13-,14+/m0/s1. The first-order chi connectivity index (χ1) is 16.9. The van der Waals surface area contributed by atoms with Gasteiger partial charge in [-0.3, -0.25) is 4.79 Å². The highest BCUT2D eigenvalue weighted by Gasteiger charge is 2.30. The van der Waals surface area contributed by atoms with Crippen molar-refractivity contribution in [1.29, 1.82) is 0 Å². The maximum absolute atomic E-state index is 11.7. The molecule has 12 heteroatoms. The summed E-state index contributed by atoms with van der Waals surface area (Å²) in [7, 11) is 4.76. The van der Waals surface area contributed by atoms with Crippen molar-refractivity contribution in [2.24, 2.45) is 0 Å². The molecule has 35 heavy (non-hydrogen) atoms. The van der Waals surface area contributed by atoms with Gasteiger partial charge < -0.3 is 30.2 Å². The molecule has 0 bridgehead atoms. The fourth-order valence-electron chi connectivity index (χ4n) is 3.77. The van der Waals surface area contributed by atoms with Crippen LogP contribution in [0.4, 0.5) is 11.8 Å². The zero-order chi connectivity index (χ0) is 25.1. The molecule has 2 aromatic heterocycles. The monoisotopic (exact) mass is 518 g/mol. The largest absolute Gasteiger partial charge is 0.495 e. The summed E-state index contributed by atoms with van der Waals surface area (Å²) in [6.07, 6.45) is 2.89. The molecule has 1 aromatic carbocycles. The first-order valence-electron chi connectivity index (χ1n) is 10.6. The molecule has 1 amide bonds. The van der Waals surface area contributed by atoms with E-state index in [0.717, 1.165) is 0 Å². The average molecular weight is 519 g/mol. The zero-order valence-corrected chi connectivity index (χ0v) is 20.8. The quantitative estimate of drug-likeness (QED) is 0.384. The Hall–Kier alpha value is -3.34. The summed E-state index contributed by atoms with van der Waals surface area (Å²) in [5, 5.41) is 10.5. The van der Waals surface area contributed by atoms with E-state index < -0.39 is 0 Å². The molecule has 0 aliphatic carbocycles. The number of amides is 1. The van der Waals surface area contributed by atoms with Crippen LogP contribution in [0.5, 0.6) is 11.5 Å². The lowest BCUT2D eigenvalue weighted by Crippen LogP contribution is -2.45. The number of rotatable bonds is 8. The predicted molar refractivity (Wildman–Crippen MR) is 136 cm³/mol. The van der Waals surface area contributed by atoms with Gasteiger partial charge in [0.1, 0.15) is 17.0 Å². The molecule has 0 saturated carbocycles. The van der Waals surface area contributed by atoms with E-state index in [-0.39, 0.29) is 18.0 Å². The Labute approximate surface area is 212 Å². The second kappa shape index (κ2) is 10.5. The normalized spacial score (nSPS) is 17.2. The number of fused-ring (bicyclic) bond motifs is 1. The second-order valence-electron chi connectivity index (χ2n) is 7.63. The van der Waals surface area contributed by atoms with E-state index in [2.05, 4.69) is 32.5 Å². The Morgan fingerprint density at radius 2 is 1.83 bits per heavy atom. The highest BCUT2D eigenvalue weighted by molar-refractivity contribution is 6.41. The number of carbonyl (C=O) groups excluding carboxylic acids is 1. The summed E-state index contributed by atoms with van der Waals surface area (Å²) in [5.41, 5.74) is 1.55. The van der Waals surface area contributed by atoms with Crippen LogP contribution in [0.1, 0.15) is 0 Å². The summed E-state index contributed by atoms with van der Waals surface area (Å²) in [6, 6.07) is 2.96. The minimum Gasteiger partial charge on any atom is -0.495 e. The summed E-state index contributed by atoms with van der Waals surface area (Å²) in [6.45, 7) is 4.26. The fraction of sp³-hybridized carbons (Fsp3) is 0.304. The van der Waals surface area contributed by atoms with E-state index in [1.54, 1.807) is 25.4 Å². The molecule has 3 aromatic rings. The van der Waals surface area contributed by atoms with E-state index in [4.69, 9.17) is 42.4 Å². The number of halogens is 2. The van der Waals surface area contributed by atoms with Crippen LogP contribution in [0.25, 0.3) is 22.2 Å². The van der Waals surface area contributed by atoms with Gasteiger partial charge in [-0.1, -0.05) is 29.8 Å². The Kier molecular flexibility index (Phi) is 7.44. The number of pyridine rings is 1. The van der Waals surface area contributed by atoms with Gasteiger partial charge in [-0.15, -0.1) is 0 Å². The number of ether oxygens (including phenoxy) is 3. The van der Waals surface area contributed by atoms with Crippen LogP contribution in [0.3, 0.4) is 0 Å². The van der Waals surface area contributed by atoms with Gasteiger partial charge in [-0.2, -0.15) is 0 Å². The smallest absolute Gasteiger partial charge is 0.243 e. The minimum atomic E-state index is -0.271. The molecule has 0 spiro atoms. The first-order valence-corrected chi connectivity index (χ1v) is 11.4. The van der Waals surface area contributed by atoms with Crippen LogP contribution in [-0.2, 0) is 9.53 Å². The third kappa shape index (κ3) is 4.90. The molecule has 1 aliphatic heterocycles. The van der Waals surface area contributed by atoms with Gasteiger partial charge in [-0.05, 0) is 12.1 Å². The van der Waals surface area contributed by atoms with Crippen molar-refractivity contribution in [2.45, 2.75) is 12.1 Å². The van der Waals surface area contributed by atoms with E-state index >= 15 is 0 Å². The molecule has 1 fully saturated rings. The van der Waals surface area contributed by atoms with Crippen molar-refractivity contribution in [3.63, 3.8) is 0 Å². The number of benzene rings is 1. The Bertz CT molecular complexity index is 1260. The van der Waals surface area contributed by atoms with Crippen LogP contribution >= 0.6 is 23.2 Å². The van der Waals surface area contributed by atoms with E-state index in [0.29, 0.717) is 68.7 Å². The lowest BCUT2D eigenvalue weighted by Gasteiger charge is -2.20. The summed E-state index contributed by atoms with van der Waals surface area (Å²) >= 11 is 13.2. The Balaban J connectivity index is 1.72. The molecule has 184 valence electrons. The van der Waals surface area contributed by atoms with Gasteiger partial charge in [0.25, 0.3) is 0 Å². The van der Waals surface area contributed by atoms with Gasteiger partial charge in [-0.25, -0.2) is 15.0 Å². The van der Waals surface area contributed by atoms with Gasteiger partial charge in [0, 0.05) is 30.3 Å². The second-order valence-corrected chi connectivity index (χ2v) is 8.39. The van der Waals surface area contributed by atoms with Crippen molar-refractivity contribution in [3.05, 3.63) is 41.0 Å². The van der Waals surface area contributed by atoms with Crippen molar-refractivity contribution < 1.29 is 19.0 Å². The number of carbonyl (C=O) groups is 1. The number of methoxy groups -OCH3 is 2. The Morgan fingerprint density at radius 1 is 1.14 bits per heavy atom. The fourth-order valence-corrected chi connectivity index (χ4v) is 4.46. The van der Waals surface area contributed by atoms with E-state index in [1.165, 1.54) is 20.3 Å². The van der Waals surface area contributed by atoms with Crippen molar-refractivity contribution >= 4 is 51.8 Å². The van der Waals surface area contributed by atoms with Gasteiger partial charge in [0.15, 0.2) is 5.82 Å². The first kappa shape index (κ1) is 24.8. The minimum absolute atomic E-state index is 0.205. The predicted octanol–water partition coefficient (Wildman–Crippen LogP) is 3.54. The summed E-state index contributed by atoms with van der Waals surface area (Å²) < 4.78 is 16.3. The van der Waals surface area contributed by atoms with Crippen LogP contribution in [0.2, 0.25) is 10.0 Å². The Morgan fingerprint density at radius 3 is 2.46 bits per heavy atom. The van der Waals surface area contributed by atoms with E-state index in [1.807, 2.05) is 0 Å². The number of aromatic nitrogens is 3. The van der Waals surface area contributed by atoms with Crippen LogP contribution in [-0.4, -0.2) is 67.4 Å². The van der Waals surface area contributed by atoms with Crippen molar-refractivity contribution in [3.8, 4) is 22.8 Å². The molecule has 3 heterocycles. The van der Waals surface area contributed by atoms with Gasteiger partial charge in [0.2, 0.25) is 11.9 Å². The van der Waals surface area contributed by atoms with E-state index in [9.17, 15) is 4.79 Å². The number of hydrogen-bond acceptors (Lipinski definition) is 9. The number of nitrogens with one attached hydrogen (secondary N) is 3. The number of hydrogen-bond donors (Lipinski definition) is 3. The van der Waals surface area contributed by atoms with Gasteiger partial charge in [0.05, 0.1) is 55.3 Å². The maximum Gasteiger partial charge on any atom is 0.243 e. The molecule has 3 N–H and O–H groups in total. The molecular formula is C23H24Cl2N6O4. The average Bonchev–Trinajstić information content (AvgIpc) is 3.29. The third-order valence-electron chi connectivity index (χ3n) is 5.54. The summed E-state index contributed by atoms with van der Waals surface area (Å²) in [4.78, 5) is 25.5. The van der Waals surface area contributed by atoms with Crippen LogP contribution in [0, 0.1) is 0 Å². The number of nitrogens with zero attached hydrogens (tertiary/aromatic N) is 3. The lowest BCUT2D eigenvalue weighted by molar-refractivity contribution is -0.117. The molecule has 10 nitrogen and oxygen atoms in total. The maximum atomic E-state index is 11.7.